The zero-order valence-corrected chi connectivity index (χ0v) is 13.1. The molecule has 2 rings (SSSR count). The molecule has 1 aliphatic carbocycles. The van der Waals surface area contributed by atoms with Gasteiger partial charge in [-0.3, -0.25) is 0 Å². The Morgan fingerprint density at radius 1 is 1.32 bits per heavy atom. The highest BCUT2D eigenvalue weighted by atomic mass is 32.2. The van der Waals surface area contributed by atoms with E-state index in [0.29, 0.717) is 6.04 Å². The number of aryl methyl sites for hydroxylation is 1. The summed E-state index contributed by atoms with van der Waals surface area (Å²) in [4.78, 5) is 0. The van der Waals surface area contributed by atoms with Crippen LogP contribution in [0.15, 0.2) is 24.3 Å². The molecule has 106 valence electrons. The molecule has 1 aliphatic rings. The molecule has 0 aliphatic heterocycles. The van der Waals surface area contributed by atoms with Gasteiger partial charge < -0.3 is 5.32 Å². The lowest BCUT2D eigenvalue weighted by molar-refractivity contribution is 0.571. The summed E-state index contributed by atoms with van der Waals surface area (Å²) in [6.45, 7) is 5.46. The van der Waals surface area contributed by atoms with Crippen molar-refractivity contribution >= 4 is 11.8 Å². The van der Waals surface area contributed by atoms with Gasteiger partial charge in [0.15, 0.2) is 0 Å². The van der Waals surface area contributed by atoms with E-state index in [-0.39, 0.29) is 0 Å². The second-order valence-electron chi connectivity index (χ2n) is 5.69. The van der Waals surface area contributed by atoms with Crippen molar-refractivity contribution in [2.24, 2.45) is 0 Å². The third-order valence-corrected chi connectivity index (χ3v) is 5.43. The first-order chi connectivity index (χ1) is 9.28. The summed E-state index contributed by atoms with van der Waals surface area (Å²) in [6.07, 6.45) is 6.93. The quantitative estimate of drug-likeness (QED) is 0.802. The van der Waals surface area contributed by atoms with E-state index in [1.807, 2.05) is 0 Å². The van der Waals surface area contributed by atoms with E-state index in [0.717, 1.165) is 18.2 Å². The number of likely N-dealkylation sites (N-methyl/N-ethyl adjacent to an activating group) is 1. The third kappa shape index (κ3) is 5.19. The first-order valence-corrected chi connectivity index (χ1v) is 8.73. The molecule has 2 heteroatoms. The fourth-order valence-electron chi connectivity index (χ4n) is 2.91. The van der Waals surface area contributed by atoms with Gasteiger partial charge in [-0.15, -0.1) is 0 Å². The Labute approximate surface area is 122 Å². The Balaban J connectivity index is 1.84. The van der Waals surface area contributed by atoms with Crippen molar-refractivity contribution in [1.29, 1.82) is 0 Å². The van der Waals surface area contributed by atoms with Crippen molar-refractivity contribution in [2.75, 3.05) is 12.3 Å². The van der Waals surface area contributed by atoms with Crippen LogP contribution in [-0.4, -0.2) is 23.6 Å². The van der Waals surface area contributed by atoms with Gasteiger partial charge in [0.25, 0.3) is 0 Å². The van der Waals surface area contributed by atoms with E-state index in [9.17, 15) is 0 Å². The summed E-state index contributed by atoms with van der Waals surface area (Å²) >= 11 is 2.19. The van der Waals surface area contributed by atoms with Crippen molar-refractivity contribution in [2.45, 2.75) is 57.2 Å². The van der Waals surface area contributed by atoms with Gasteiger partial charge in [0.05, 0.1) is 0 Å². The molecule has 1 fully saturated rings. The van der Waals surface area contributed by atoms with Gasteiger partial charge >= 0.3 is 0 Å². The largest absolute Gasteiger partial charge is 0.313 e. The number of thioether (sulfide) groups is 1. The second-order valence-corrected chi connectivity index (χ2v) is 7.02. The highest BCUT2D eigenvalue weighted by molar-refractivity contribution is 7.99. The molecule has 0 aromatic heterocycles. The van der Waals surface area contributed by atoms with Gasteiger partial charge in [-0.25, -0.2) is 0 Å². The van der Waals surface area contributed by atoms with Crippen molar-refractivity contribution in [3.05, 3.63) is 35.4 Å². The summed E-state index contributed by atoms with van der Waals surface area (Å²) in [5, 5.41) is 4.58. The van der Waals surface area contributed by atoms with Crippen molar-refractivity contribution in [1.82, 2.24) is 5.32 Å². The van der Waals surface area contributed by atoms with Crippen LogP contribution < -0.4 is 5.32 Å². The highest BCUT2D eigenvalue weighted by Crippen LogP contribution is 2.30. The van der Waals surface area contributed by atoms with Gasteiger partial charge in [0, 0.05) is 17.0 Å². The van der Waals surface area contributed by atoms with E-state index in [2.05, 4.69) is 55.2 Å². The van der Waals surface area contributed by atoms with Gasteiger partial charge in [-0.05, 0) is 38.3 Å². The van der Waals surface area contributed by atoms with Crippen molar-refractivity contribution in [3.8, 4) is 0 Å². The lowest BCUT2D eigenvalue weighted by atomic mass is 10.0. The van der Waals surface area contributed by atoms with Gasteiger partial charge in [0.1, 0.15) is 0 Å². The lowest BCUT2D eigenvalue weighted by Gasteiger charge is -2.20. The van der Waals surface area contributed by atoms with Crippen LogP contribution in [-0.2, 0) is 6.42 Å². The predicted molar refractivity (Wildman–Crippen MR) is 87.1 cm³/mol. The fraction of sp³-hybridized carbons (Fsp3) is 0.647. The predicted octanol–water partition coefficient (Wildman–Crippen LogP) is 4.19. The van der Waals surface area contributed by atoms with E-state index in [1.165, 1.54) is 42.6 Å². The second kappa shape index (κ2) is 7.96. The molecule has 1 atom stereocenters. The first kappa shape index (κ1) is 14.9. The fourth-order valence-corrected chi connectivity index (χ4v) is 4.32. The summed E-state index contributed by atoms with van der Waals surface area (Å²) in [5.41, 5.74) is 2.84. The standard InChI is InChI=1S/C17H27NS/c1-3-18-16(13-19-17-9-4-5-10-17)12-15-8-6-7-14(2)11-15/h6-8,11,16-18H,3-5,9-10,12-13H2,1-2H3. The molecule has 0 spiro atoms. The molecular weight excluding hydrogens is 250 g/mol. The van der Waals surface area contributed by atoms with E-state index in [1.54, 1.807) is 0 Å². The summed E-state index contributed by atoms with van der Waals surface area (Å²) in [7, 11) is 0. The maximum atomic E-state index is 3.65. The zero-order valence-electron chi connectivity index (χ0n) is 12.3. The molecule has 0 saturated heterocycles. The molecule has 1 N–H and O–H groups in total. The summed E-state index contributed by atoms with van der Waals surface area (Å²) in [6, 6.07) is 9.57. The molecule has 1 aromatic carbocycles. The molecule has 1 unspecified atom stereocenters. The maximum Gasteiger partial charge on any atom is 0.0198 e. The monoisotopic (exact) mass is 277 g/mol. The molecule has 19 heavy (non-hydrogen) atoms. The molecule has 1 nitrogen and oxygen atoms in total. The lowest BCUT2D eigenvalue weighted by Crippen LogP contribution is -2.33. The highest BCUT2D eigenvalue weighted by Gasteiger charge is 2.17. The number of rotatable bonds is 7. The molecule has 0 radical (unpaired) electrons. The Morgan fingerprint density at radius 3 is 2.79 bits per heavy atom. The van der Waals surface area contributed by atoms with Crippen LogP contribution in [0.5, 0.6) is 0 Å². The zero-order chi connectivity index (χ0) is 13.5. The normalized spacial score (nSPS) is 17.8. The van der Waals surface area contributed by atoms with Gasteiger partial charge in [0.2, 0.25) is 0 Å². The molecule has 1 aromatic rings. The summed E-state index contributed by atoms with van der Waals surface area (Å²) < 4.78 is 0. The van der Waals surface area contributed by atoms with Gasteiger partial charge in [-0.2, -0.15) is 11.8 Å². The third-order valence-electron chi connectivity index (χ3n) is 3.89. The number of nitrogens with one attached hydrogen (secondary N) is 1. The van der Waals surface area contributed by atoms with Crippen LogP contribution in [0.1, 0.15) is 43.7 Å². The van der Waals surface area contributed by atoms with Crippen LogP contribution in [0.4, 0.5) is 0 Å². The van der Waals surface area contributed by atoms with Crippen LogP contribution in [0.3, 0.4) is 0 Å². The molecule has 0 heterocycles. The average Bonchev–Trinajstić information content (AvgIpc) is 2.89. The van der Waals surface area contributed by atoms with Gasteiger partial charge in [-0.1, -0.05) is 49.6 Å². The topological polar surface area (TPSA) is 12.0 Å². The minimum atomic E-state index is 0.623. The SMILES string of the molecule is CCNC(CSC1CCCC1)Cc1cccc(C)c1. The van der Waals surface area contributed by atoms with Crippen molar-refractivity contribution in [3.63, 3.8) is 0 Å². The molecular formula is C17H27NS. The van der Waals surface area contributed by atoms with Crippen LogP contribution in [0, 0.1) is 6.92 Å². The first-order valence-electron chi connectivity index (χ1n) is 7.68. The van der Waals surface area contributed by atoms with Crippen LogP contribution in [0.25, 0.3) is 0 Å². The average molecular weight is 277 g/mol. The number of hydrogen-bond donors (Lipinski definition) is 1. The Bertz CT molecular complexity index is 371. The van der Waals surface area contributed by atoms with Crippen LogP contribution >= 0.6 is 11.8 Å². The Hall–Kier alpha value is -0.470. The van der Waals surface area contributed by atoms with E-state index in [4.69, 9.17) is 0 Å². The molecule has 0 amide bonds. The number of benzene rings is 1. The Kier molecular flexibility index (Phi) is 6.25. The Morgan fingerprint density at radius 2 is 2.11 bits per heavy atom. The summed E-state index contributed by atoms with van der Waals surface area (Å²) in [5.74, 6) is 1.26. The smallest absolute Gasteiger partial charge is 0.0198 e. The van der Waals surface area contributed by atoms with E-state index >= 15 is 0 Å². The number of hydrogen-bond acceptors (Lipinski definition) is 2. The molecule has 1 saturated carbocycles. The van der Waals surface area contributed by atoms with Crippen molar-refractivity contribution < 1.29 is 0 Å². The van der Waals surface area contributed by atoms with E-state index < -0.39 is 0 Å². The minimum absolute atomic E-state index is 0.623. The minimum Gasteiger partial charge on any atom is -0.313 e. The maximum absolute atomic E-state index is 3.65. The molecule has 0 bridgehead atoms. The van der Waals surface area contributed by atoms with Crippen LogP contribution in [0.2, 0.25) is 0 Å².